The van der Waals surface area contributed by atoms with E-state index in [4.69, 9.17) is 30.6 Å². The van der Waals surface area contributed by atoms with E-state index in [0.717, 1.165) is 0 Å². The van der Waals surface area contributed by atoms with Crippen LogP contribution in [0.1, 0.15) is 20.7 Å². The summed E-state index contributed by atoms with van der Waals surface area (Å²) in [7, 11) is 0. The van der Waals surface area contributed by atoms with E-state index in [9.17, 15) is 9.59 Å². The number of hydrogen-bond donors (Lipinski definition) is 8. The third-order valence-electron chi connectivity index (χ3n) is 2.47. The van der Waals surface area contributed by atoms with Gasteiger partial charge in [-0.3, -0.25) is 0 Å². The summed E-state index contributed by atoms with van der Waals surface area (Å²) in [5, 5.41) is 47.5. The second-order valence-corrected chi connectivity index (χ2v) is 5.50. The average Bonchev–Trinajstić information content (AvgIpc) is 2.69. The van der Waals surface area contributed by atoms with E-state index in [1.165, 1.54) is 12.1 Å². The van der Waals surface area contributed by atoms with Crippen LogP contribution < -0.4 is 0 Å². The van der Waals surface area contributed by atoms with Crippen LogP contribution in [0.25, 0.3) is 0 Å². The highest BCUT2D eigenvalue weighted by atomic mass is 32.1. The Kier molecular flexibility index (Phi) is 18.4. The molecule has 8 nitrogen and oxygen atoms in total. The van der Waals surface area contributed by atoms with Gasteiger partial charge in [0.15, 0.2) is 0 Å². The van der Waals surface area contributed by atoms with Gasteiger partial charge >= 0.3 is 11.9 Å². The molecule has 0 atom stereocenters. The fourth-order valence-electron chi connectivity index (χ4n) is 1.31. The number of thiol groups is 2. The van der Waals surface area contributed by atoms with E-state index < -0.39 is 11.9 Å². The maximum atomic E-state index is 10.4. The minimum atomic E-state index is -0.939. The summed E-state index contributed by atoms with van der Waals surface area (Å²) < 4.78 is 0. The standard InChI is InChI=1S/2C7H6O2S.2C2H6O2/c2*8-7(9)5-3-1-2-4-6(5)10;2*3-1-2-4/h2*1-4,10H,(H,8,9);2*3-4H,1-2H2. The first kappa shape index (κ1) is 28.1. The van der Waals surface area contributed by atoms with E-state index in [2.05, 4.69) is 25.3 Å². The molecule has 0 amide bonds. The first-order valence-corrected chi connectivity index (χ1v) is 8.62. The van der Waals surface area contributed by atoms with Gasteiger partial charge in [-0.1, -0.05) is 24.3 Å². The molecule has 2 aromatic rings. The van der Waals surface area contributed by atoms with Crippen molar-refractivity contribution in [1.29, 1.82) is 0 Å². The van der Waals surface area contributed by atoms with Crippen LogP contribution in [0.5, 0.6) is 0 Å². The molecule has 0 saturated heterocycles. The van der Waals surface area contributed by atoms with Crippen molar-refractivity contribution in [3.63, 3.8) is 0 Å². The minimum Gasteiger partial charge on any atom is -0.478 e. The van der Waals surface area contributed by atoms with Gasteiger partial charge in [-0.05, 0) is 24.3 Å². The normalized spacial score (nSPS) is 8.79. The van der Waals surface area contributed by atoms with E-state index in [1.807, 2.05) is 0 Å². The molecule has 0 aliphatic carbocycles. The van der Waals surface area contributed by atoms with Gasteiger partial charge in [0.05, 0.1) is 37.6 Å². The van der Waals surface area contributed by atoms with Gasteiger partial charge in [0.25, 0.3) is 0 Å². The molecule has 0 spiro atoms. The zero-order chi connectivity index (χ0) is 21.9. The van der Waals surface area contributed by atoms with Crippen LogP contribution in [0.3, 0.4) is 0 Å². The Hall–Kier alpha value is -2.08. The lowest BCUT2D eigenvalue weighted by Gasteiger charge is -1.95. The fourth-order valence-corrected chi connectivity index (χ4v) is 1.82. The van der Waals surface area contributed by atoms with Crippen molar-refractivity contribution in [1.82, 2.24) is 0 Å². The third kappa shape index (κ3) is 14.0. The fraction of sp³-hybridized carbons (Fsp3) is 0.222. The quantitative estimate of drug-likeness (QED) is 0.336. The highest BCUT2D eigenvalue weighted by molar-refractivity contribution is 7.80. The zero-order valence-electron chi connectivity index (χ0n) is 14.8. The maximum absolute atomic E-state index is 10.4. The Balaban J connectivity index is 0. The summed E-state index contributed by atoms with van der Waals surface area (Å²) in [4.78, 5) is 21.7. The molecule has 0 bridgehead atoms. The maximum Gasteiger partial charge on any atom is 0.336 e. The van der Waals surface area contributed by atoms with Gasteiger partial charge in [0.2, 0.25) is 0 Å². The van der Waals surface area contributed by atoms with Gasteiger partial charge < -0.3 is 30.6 Å². The van der Waals surface area contributed by atoms with Crippen molar-refractivity contribution in [2.75, 3.05) is 26.4 Å². The van der Waals surface area contributed by atoms with Crippen molar-refractivity contribution in [3.05, 3.63) is 59.7 Å². The molecule has 0 aliphatic heterocycles. The number of benzene rings is 2. The number of carboxylic acids is 2. The summed E-state index contributed by atoms with van der Waals surface area (Å²) in [5.41, 5.74) is 0.483. The lowest BCUT2D eigenvalue weighted by Crippen LogP contribution is -1.96. The van der Waals surface area contributed by atoms with Crippen molar-refractivity contribution >= 4 is 37.2 Å². The van der Waals surface area contributed by atoms with E-state index in [-0.39, 0.29) is 37.6 Å². The van der Waals surface area contributed by atoms with E-state index >= 15 is 0 Å². The highest BCUT2D eigenvalue weighted by Gasteiger charge is 2.04. The highest BCUT2D eigenvalue weighted by Crippen LogP contribution is 2.12. The zero-order valence-corrected chi connectivity index (χ0v) is 16.6. The molecule has 6 N–H and O–H groups in total. The monoisotopic (exact) mass is 432 g/mol. The molecule has 28 heavy (non-hydrogen) atoms. The number of aliphatic hydroxyl groups excluding tert-OH is 4. The number of aromatic carboxylic acids is 2. The van der Waals surface area contributed by atoms with Gasteiger partial charge in [0, 0.05) is 9.79 Å². The van der Waals surface area contributed by atoms with Crippen LogP contribution in [0.4, 0.5) is 0 Å². The number of aliphatic hydroxyl groups is 4. The van der Waals surface area contributed by atoms with Crippen LogP contribution >= 0.6 is 25.3 Å². The molecule has 0 saturated carbocycles. The third-order valence-corrected chi connectivity index (χ3v) is 3.25. The summed E-state index contributed by atoms with van der Waals surface area (Å²) in [6.45, 7) is -0.500. The van der Waals surface area contributed by atoms with Gasteiger partial charge in [0.1, 0.15) is 0 Å². The molecule has 0 aromatic heterocycles. The van der Waals surface area contributed by atoms with Gasteiger partial charge in [-0.25, -0.2) is 9.59 Å². The van der Waals surface area contributed by atoms with E-state index in [0.29, 0.717) is 9.79 Å². The van der Waals surface area contributed by atoms with Crippen LogP contribution in [0.2, 0.25) is 0 Å². The van der Waals surface area contributed by atoms with Crippen LogP contribution in [0, 0.1) is 0 Å². The lowest BCUT2D eigenvalue weighted by molar-refractivity contribution is 0.0682. The smallest absolute Gasteiger partial charge is 0.336 e. The minimum absolute atomic E-state index is 0.125. The molecule has 0 heterocycles. The van der Waals surface area contributed by atoms with Crippen LogP contribution in [-0.2, 0) is 0 Å². The Morgan fingerprint density at radius 3 is 1.00 bits per heavy atom. The van der Waals surface area contributed by atoms with Crippen molar-refractivity contribution in [3.8, 4) is 0 Å². The first-order valence-electron chi connectivity index (χ1n) is 7.72. The molecule has 0 aliphatic rings. The predicted octanol–water partition coefficient (Wildman–Crippen LogP) is 1.29. The molecule has 2 rings (SSSR count). The molecule has 10 heteroatoms. The first-order chi connectivity index (χ1) is 13.3. The number of carboxylic acid groups (broad SMARTS) is 2. The largest absolute Gasteiger partial charge is 0.478 e. The Morgan fingerprint density at radius 2 is 0.857 bits per heavy atom. The predicted molar refractivity (Wildman–Crippen MR) is 110 cm³/mol. The number of hydrogen-bond acceptors (Lipinski definition) is 8. The van der Waals surface area contributed by atoms with Crippen molar-refractivity contribution in [2.24, 2.45) is 0 Å². The van der Waals surface area contributed by atoms with E-state index in [1.54, 1.807) is 36.4 Å². The Bertz CT molecular complexity index is 631. The molecule has 0 unspecified atom stereocenters. The summed E-state index contributed by atoms with van der Waals surface area (Å²) in [6.07, 6.45) is 0. The molecular formula is C18H24O8S2. The van der Waals surface area contributed by atoms with Crippen LogP contribution in [-0.4, -0.2) is 69.0 Å². The lowest BCUT2D eigenvalue weighted by atomic mass is 10.2. The SMILES string of the molecule is O=C(O)c1ccccc1S.O=C(O)c1ccccc1S.OCCO.OCCO. The molecular weight excluding hydrogens is 408 g/mol. The van der Waals surface area contributed by atoms with Crippen molar-refractivity contribution in [2.45, 2.75) is 9.79 Å². The summed E-state index contributed by atoms with van der Waals surface area (Å²) >= 11 is 7.91. The van der Waals surface area contributed by atoms with Gasteiger partial charge in [-0.2, -0.15) is 0 Å². The molecule has 0 fully saturated rings. The van der Waals surface area contributed by atoms with Crippen molar-refractivity contribution < 1.29 is 40.2 Å². The molecule has 156 valence electrons. The average molecular weight is 433 g/mol. The summed E-state index contributed by atoms with van der Waals surface area (Å²) in [5.74, 6) is -1.88. The number of carbonyl (C=O) groups is 2. The second kappa shape index (κ2) is 18.3. The Morgan fingerprint density at radius 1 is 0.607 bits per heavy atom. The second-order valence-electron chi connectivity index (χ2n) is 4.54. The van der Waals surface area contributed by atoms with Crippen LogP contribution in [0.15, 0.2) is 58.3 Å². The Labute approximate surface area is 173 Å². The van der Waals surface area contributed by atoms with Gasteiger partial charge in [-0.15, -0.1) is 25.3 Å². The number of rotatable bonds is 4. The molecule has 2 aromatic carbocycles. The topological polar surface area (TPSA) is 156 Å². The molecule has 0 radical (unpaired) electrons. The summed E-state index contributed by atoms with van der Waals surface area (Å²) in [6, 6.07) is 13.2.